The Bertz CT molecular complexity index is 488. The van der Waals surface area contributed by atoms with Crippen LogP contribution in [0.5, 0.6) is 0 Å². The van der Waals surface area contributed by atoms with Crippen LogP contribution in [0.3, 0.4) is 0 Å². The van der Waals surface area contributed by atoms with Gasteiger partial charge in [-0.05, 0) is 0 Å². The van der Waals surface area contributed by atoms with Gasteiger partial charge in [0.1, 0.15) is 0 Å². The van der Waals surface area contributed by atoms with Gasteiger partial charge < -0.3 is 0 Å². The number of carbonyl (C=O) groups is 2. The minimum absolute atomic E-state index is 0.0525. The van der Waals surface area contributed by atoms with E-state index in [9.17, 15) is 9.59 Å². The fourth-order valence-electron chi connectivity index (χ4n) is 2.56. The van der Waals surface area contributed by atoms with Gasteiger partial charge in [-0.2, -0.15) is 0 Å². The van der Waals surface area contributed by atoms with Crippen molar-refractivity contribution in [2.45, 2.75) is 37.6 Å². The molecule has 0 radical (unpaired) electrons. The summed E-state index contributed by atoms with van der Waals surface area (Å²) in [4.78, 5) is 22.5. The summed E-state index contributed by atoms with van der Waals surface area (Å²) >= 11 is 0.256. The molecule has 21 heavy (non-hydrogen) atoms. The first kappa shape index (κ1) is 16.1. The number of esters is 2. The first-order valence-electron chi connectivity index (χ1n) is 7.07. The quantitative estimate of drug-likeness (QED) is 0.596. The van der Waals surface area contributed by atoms with Crippen LogP contribution in [0.4, 0.5) is 0 Å². The number of benzene rings is 1. The number of hydrogen-bond acceptors (Lipinski definition) is 4. The van der Waals surface area contributed by atoms with E-state index in [1.54, 1.807) is 0 Å². The molecule has 3 atom stereocenters. The van der Waals surface area contributed by atoms with Gasteiger partial charge in [-0.1, -0.05) is 0 Å². The summed E-state index contributed by atoms with van der Waals surface area (Å²) in [7, 11) is 0. The molecule has 0 aromatic heterocycles. The zero-order valence-corrected chi connectivity index (χ0v) is 14.0. The Morgan fingerprint density at radius 2 is 1.86 bits per heavy atom. The van der Waals surface area contributed by atoms with Crippen molar-refractivity contribution in [2.75, 3.05) is 6.61 Å². The summed E-state index contributed by atoms with van der Waals surface area (Å²) in [5, 5.41) is 0. The van der Waals surface area contributed by atoms with Crippen LogP contribution in [-0.4, -0.2) is 39.6 Å². The molecule has 0 N–H and O–H groups in total. The molecule has 2 rings (SSSR count). The second-order valence-electron chi connectivity index (χ2n) is 5.26. The second kappa shape index (κ2) is 7.62. The molecule has 0 amide bonds. The van der Waals surface area contributed by atoms with Gasteiger partial charge in [0.2, 0.25) is 0 Å². The summed E-state index contributed by atoms with van der Waals surface area (Å²) < 4.78 is 11.9. The average molecular weight is 355 g/mol. The van der Waals surface area contributed by atoms with E-state index in [0.717, 1.165) is 12.8 Å². The van der Waals surface area contributed by atoms with E-state index in [-0.39, 0.29) is 38.9 Å². The Balaban J connectivity index is 1.98. The van der Waals surface area contributed by atoms with E-state index in [0.29, 0.717) is 11.4 Å². The standard InChI is InChI=1S/C16H20O4Se/c1-11(17)19-10-13-8-15(20-12(2)18)16(9-13)21-14-6-4-3-5-7-14/h3-7,13,15-16H,8-10H2,1-2H3. The van der Waals surface area contributed by atoms with E-state index < -0.39 is 0 Å². The van der Waals surface area contributed by atoms with Gasteiger partial charge in [0.05, 0.1) is 0 Å². The van der Waals surface area contributed by atoms with Gasteiger partial charge in [-0.25, -0.2) is 0 Å². The fourth-order valence-corrected chi connectivity index (χ4v) is 5.40. The minimum atomic E-state index is -0.254. The Hall–Kier alpha value is -1.32. The Kier molecular flexibility index (Phi) is 5.83. The summed E-state index contributed by atoms with van der Waals surface area (Å²) in [5.74, 6) is -0.202. The van der Waals surface area contributed by atoms with E-state index in [1.807, 2.05) is 18.2 Å². The van der Waals surface area contributed by atoms with Crippen molar-refractivity contribution in [1.82, 2.24) is 0 Å². The number of carbonyl (C=O) groups excluding carboxylic acids is 2. The van der Waals surface area contributed by atoms with E-state index >= 15 is 0 Å². The Morgan fingerprint density at radius 3 is 2.48 bits per heavy atom. The van der Waals surface area contributed by atoms with Gasteiger partial charge in [-0.15, -0.1) is 0 Å². The zero-order valence-electron chi connectivity index (χ0n) is 12.3. The molecule has 1 saturated carbocycles. The van der Waals surface area contributed by atoms with Gasteiger partial charge >= 0.3 is 131 Å². The van der Waals surface area contributed by atoms with Crippen LogP contribution in [0, 0.1) is 5.92 Å². The SMILES string of the molecule is CC(=O)OCC1CC(OC(C)=O)C([Se]c2ccccc2)C1. The van der Waals surface area contributed by atoms with Gasteiger partial charge in [-0.3, -0.25) is 0 Å². The maximum atomic E-state index is 11.3. The molecule has 3 unspecified atom stereocenters. The van der Waals surface area contributed by atoms with Gasteiger partial charge in [0.15, 0.2) is 0 Å². The summed E-state index contributed by atoms with van der Waals surface area (Å²) in [6.45, 7) is 3.30. The first-order chi connectivity index (χ1) is 10.0. The Morgan fingerprint density at radius 1 is 1.14 bits per heavy atom. The molecule has 4 nitrogen and oxygen atoms in total. The van der Waals surface area contributed by atoms with E-state index in [2.05, 4.69) is 12.1 Å². The summed E-state index contributed by atoms with van der Waals surface area (Å²) in [6.07, 6.45) is 1.68. The van der Waals surface area contributed by atoms with Gasteiger partial charge in [0, 0.05) is 0 Å². The number of ether oxygens (including phenoxy) is 2. The molecule has 1 fully saturated rings. The zero-order chi connectivity index (χ0) is 15.2. The third kappa shape index (κ3) is 5.18. The average Bonchev–Trinajstić information content (AvgIpc) is 2.79. The molecule has 1 aliphatic carbocycles. The van der Waals surface area contributed by atoms with Crippen molar-refractivity contribution in [1.29, 1.82) is 0 Å². The second-order valence-corrected chi connectivity index (χ2v) is 8.01. The van der Waals surface area contributed by atoms with Crippen molar-refractivity contribution in [3.63, 3.8) is 0 Å². The molecule has 0 heterocycles. The normalized spacial score (nSPS) is 24.6. The van der Waals surface area contributed by atoms with Crippen LogP contribution in [0.1, 0.15) is 26.7 Å². The molecular weight excluding hydrogens is 335 g/mol. The van der Waals surface area contributed by atoms with Crippen LogP contribution >= 0.6 is 0 Å². The Labute approximate surface area is 131 Å². The summed E-state index contributed by atoms with van der Waals surface area (Å²) in [5.41, 5.74) is 0. The number of hydrogen-bond donors (Lipinski definition) is 0. The molecule has 0 bridgehead atoms. The van der Waals surface area contributed by atoms with Crippen LogP contribution in [-0.2, 0) is 19.1 Å². The van der Waals surface area contributed by atoms with Crippen molar-refractivity contribution >= 4 is 31.4 Å². The van der Waals surface area contributed by atoms with Crippen LogP contribution in [0.2, 0.25) is 4.82 Å². The van der Waals surface area contributed by atoms with Crippen molar-refractivity contribution in [3.05, 3.63) is 30.3 Å². The third-order valence-corrected chi connectivity index (χ3v) is 6.23. The molecule has 0 saturated heterocycles. The van der Waals surface area contributed by atoms with Gasteiger partial charge in [0.25, 0.3) is 0 Å². The predicted molar refractivity (Wildman–Crippen MR) is 80.5 cm³/mol. The molecule has 1 aromatic carbocycles. The topological polar surface area (TPSA) is 52.6 Å². The van der Waals surface area contributed by atoms with Crippen molar-refractivity contribution in [2.24, 2.45) is 5.92 Å². The molecule has 0 aliphatic heterocycles. The molecule has 114 valence electrons. The molecule has 1 aromatic rings. The molecule has 0 spiro atoms. The van der Waals surface area contributed by atoms with Crippen molar-refractivity contribution < 1.29 is 19.1 Å². The van der Waals surface area contributed by atoms with Crippen LogP contribution in [0.15, 0.2) is 30.3 Å². The van der Waals surface area contributed by atoms with Crippen LogP contribution in [0.25, 0.3) is 0 Å². The van der Waals surface area contributed by atoms with E-state index in [1.165, 1.54) is 18.3 Å². The maximum absolute atomic E-state index is 11.3. The van der Waals surface area contributed by atoms with E-state index in [4.69, 9.17) is 9.47 Å². The van der Waals surface area contributed by atoms with Crippen LogP contribution < -0.4 is 4.46 Å². The predicted octanol–water partition coefficient (Wildman–Crippen LogP) is 1.71. The molecule has 1 aliphatic rings. The molecule has 5 heteroatoms. The van der Waals surface area contributed by atoms with Crippen molar-refractivity contribution in [3.8, 4) is 0 Å². The first-order valence-corrected chi connectivity index (χ1v) is 8.91. The number of rotatable bonds is 5. The third-order valence-electron chi connectivity index (χ3n) is 3.42. The summed E-state index contributed by atoms with van der Waals surface area (Å²) in [6, 6.07) is 10.3. The monoisotopic (exact) mass is 356 g/mol. The molecular formula is C16H20O4Se. The fraction of sp³-hybridized carbons (Fsp3) is 0.500.